The van der Waals surface area contributed by atoms with Crippen LogP contribution in [0.4, 0.5) is 0 Å². The van der Waals surface area contributed by atoms with Crippen LogP contribution in [0, 0.1) is 5.92 Å². The lowest BCUT2D eigenvalue weighted by molar-refractivity contribution is 0.0957. The van der Waals surface area contributed by atoms with Crippen molar-refractivity contribution >= 4 is 0 Å². The Bertz CT molecular complexity index is 360. The van der Waals surface area contributed by atoms with Crippen LogP contribution in [-0.4, -0.2) is 43.3 Å². The van der Waals surface area contributed by atoms with E-state index in [1.165, 1.54) is 0 Å². The number of aliphatic hydroxyl groups excluding tert-OH is 1. The maximum absolute atomic E-state index is 9.91. The molecule has 108 valence electrons. The van der Waals surface area contributed by atoms with E-state index in [2.05, 4.69) is 50.2 Å². The standard InChI is InChI=1S/C16H28N2O/c1-13(2)14(3)18(5)11-16(12-19,17-4)15-9-7-6-8-10-15/h6-10,13-14,17,19H,11-12H2,1-5H3. The van der Waals surface area contributed by atoms with Crippen molar-refractivity contribution in [2.75, 3.05) is 27.2 Å². The summed E-state index contributed by atoms with van der Waals surface area (Å²) in [4.78, 5) is 2.31. The number of hydrogen-bond donors (Lipinski definition) is 2. The lowest BCUT2D eigenvalue weighted by Crippen LogP contribution is -2.53. The van der Waals surface area contributed by atoms with Gasteiger partial charge in [-0.2, -0.15) is 0 Å². The van der Waals surface area contributed by atoms with Crippen LogP contribution in [0.3, 0.4) is 0 Å². The molecule has 0 radical (unpaired) electrons. The summed E-state index contributed by atoms with van der Waals surface area (Å²) in [6.45, 7) is 7.55. The molecule has 1 aromatic carbocycles. The summed E-state index contributed by atoms with van der Waals surface area (Å²) in [5, 5.41) is 13.2. The number of rotatable bonds is 7. The van der Waals surface area contributed by atoms with Crippen LogP contribution < -0.4 is 5.32 Å². The fourth-order valence-electron chi connectivity index (χ4n) is 2.37. The quantitative estimate of drug-likeness (QED) is 0.791. The topological polar surface area (TPSA) is 35.5 Å². The van der Waals surface area contributed by atoms with Gasteiger partial charge in [0.15, 0.2) is 0 Å². The Hall–Kier alpha value is -0.900. The molecule has 2 N–H and O–H groups in total. The molecule has 0 aliphatic heterocycles. The summed E-state index contributed by atoms with van der Waals surface area (Å²) in [5.41, 5.74) is 0.724. The Morgan fingerprint density at radius 3 is 2.21 bits per heavy atom. The van der Waals surface area contributed by atoms with Gasteiger partial charge in [-0.1, -0.05) is 44.2 Å². The average molecular weight is 264 g/mol. The highest BCUT2D eigenvalue weighted by Gasteiger charge is 2.32. The van der Waals surface area contributed by atoms with Crippen LogP contribution in [-0.2, 0) is 5.54 Å². The van der Waals surface area contributed by atoms with Gasteiger partial charge in [-0.05, 0) is 32.5 Å². The molecule has 2 unspecified atom stereocenters. The predicted molar refractivity (Wildman–Crippen MR) is 81.2 cm³/mol. The van der Waals surface area contributed by atoms with Gasteiger partial charge in [0.1, 0.15) is 0 Å². The fourth-order valence-corrected chi connectivity index (χ4v) is 2.37. The normalized spacial score (nSPS) is 16.6. The second kappa shape index (κ2) is 7.04. The number of hydrogen-bond acceptors (Lipinski definition) is 3. The van der Waals surface area contributed by atoms with Crippen LogP contribution in [0.5, 0.6) is 0 Å². The van der Waals surface area contributed by atoms with Crippen molar-refractivity contribution in [3.05, 3.63) is 35.9 Å². The second-order valence-electron chi connectivity index (χ2n) is 5.76. The summed E-state index contributed by atoms with van der Waals surface area (Å²) in [5.74, 6) is 0.592. The summed E-state index contributed by atoms with van der Waals surface area (Å²) < 4.78 is 0. The van der Waals surface area contributed by atoms with Crippen molar-refractivity contribution in [1.29, 1.82) is 0 Å². The Kier molecular flexibility index (Phi) is 5.98. The molecule has 19 heavy (non-hydrogen) atoms. The van der Waals surface area contributed by atoms with Crippen molar-refractivity contribution < 1.29 is 5.11 Å². The van der Waals surface area contributed by atoms with Gasteiger partial charge in [0.05, 0.1) is 12.1 Å². The van der Waals surface area contributed by atoms with Crippen LogP contribution in [0.25, 0.3) is 0 Å². The maximum Gasteiger partial charge on any atom is 0.0795 e. The van der Waals surface area contributed by atoms with Crippen LogP contribution in [0.2, 0.25) is 0 Å². The highest BCUT2D eigenvalue weighted by Crippen LogP contribution is 2.23. The minimum Gasteiger partial charge on any atom is -0.394 e. The molecule has 0 bridgehead atoms. The van der Waals surface area contributed by atoms with Crippen molar-refractivity contribution in [1.82, 2.24) is 10.2 Å². The molecule has 1 aromatic rings. The van der Waals surface area contributed by atoms with Gasteiger partial charge < -0.3 is 15.3 Å². The van der Waals surface area contributed by atoms with E-state index in [0.717, 1.165) is 12.1 Å². The van der Waals surface area contributed by atoms with Gasteiger partial charge in [-0.25, -0.2) is 0 Å². The van der Waals surface area contributed by atoms with E-state index in [0.29, 0.717) is 12.0 Å². The molecule has 0 fully saturated rings. The largest absolute Gasteiger partial charge is 0.394 e. The molecule has 0 aromatic heterocycles. The number of nitrogens with one attached hydrogen (secondary N) is 1. The first kappa shape index (κ1) is 16.2. The first-order valence-corrected chi connectivity index (χ1v) is 7.02. The maximum atomic E-state index is 9.91. The van der Waals surface area contributed by atoms with Crippen molar-refractivity contribution in [2.45, 2.75) is 32.4 Å². The lowest BCUT2D eigenvalue weighted by Gasteiger charge is -2.39. The summed E-state index contributed by atoms with van der Waals surface area (Å²) in [6, 6.07) is 10.7. The summed E-state index contributed by atoms with van der Waals surface area (Å²) in [6.07, 6.45) is 0. The van der Waals surface area contributed by atoms with Gasteiger partial charge in [0, 0.05) is 12.6 Å². The SMILES string of the molecule is CNC(CO)(CN(C)C(C)C(C)C)c1ccccc1. The third-order valence-corrected chi connectivity index (χ3v) is 4.25. The zero-order valence-electron chi connectivity index (χ0n) is 12.9. The molecule has 0 amide bonds. The van der Waals surface area contributed by atoms with Crippen LogP contribution in [0.15, 0.2) is 30.3 Å². The van der Waals surface area contributed by atoms with Gasteiger partial charge in [-0.3, -0.25) is 0 Å². The highest BCUT2D eigenvalue weighted by atomic mass is 16.3. The van der Waals surface area contributed by atoms with Gasteiger partial charge in [-0.15, -0.1) is 0 Å². The van der Waals surface area contributed by atoms with E-state index in [4.69, 9.17) is 0 Å². The lowest BCUT2D eigenvalue weighted by atomic mass is 9.89. The molecule has 0 heterocycles. The minimum absolute atomic E-state index is 0.0860. The highest BCUT2D eigenvalue weighted by molar-refractivity contribution is 5.25. The number of aliphatic hydroxyl groups is 1. The average Bonchev–Trinajstić information content (AvgIpc) is 2.44. The molecular formula is C16H28N2O. The van der Waals surface area contributed by atoms with E-state index in [1.807, 2.05) is 25.2 Å². The molecule has 1 rings (SSSR count). The molecule has 2 atom stereocenters. The number of likely N-dealkylation sites (N-methyl/N-ethyl adjacent to an activating group) is 2. The minimum atomic E-state index is -0.404. The van der Waals surface area contributed by atoms with E-state index in [-0.39, 0.29) is 6.61 Å². The molecule has 0 saturated carbocycles. The third kappa shape index (κ3) is 3.78. The van der Waals surface area contributed by atoms with Gasteiger partial charge >= 0.3 is 0 Å². The molecule has 3 heteroatoms. The second-order valence-corrected chi connectivity index (χ2v) is 5.76. The molecular weight excluding hydrogens is 236 g/mol. The predicted octanol–water partition coefficient (Wildman–Crippen LogP) is 2.07. The zero-order valence-corrected chi connectivity index (χ0v) is 12.9. The van der Waals surface area contributed by atoms with Crippen molar-refractivity contribution in [3.63, 3.8) is 0 Å². The van der Waals surface area contributed by atoms with Crippen LogP contribution >= 0.6 is 0 Å². The monoisotopic (exact) mass is 264 g/mol. The van der Waals surface area contributed by atoms with Gasteiger partial charge in [0.25, 0.3) is 0 Å². The summed E-state index contributed by atoms with van der Waals surface area (Å²) >= 11 is 0. The van der Waals surface area contributed by atoms with Crippen molar-refractivity contribution in [2.24, 2.45) is 5.92 Å². The molecule has 0 saturated heterocycles. The smallest absolute Gasteiger partial charge is 0.0795 e. The Balaban J connectivity index is 2.95. The first-order valence-electron chi connectivity index (χ1n) is 7.02. The molecule has 3 nitrogen and oxygen atoms in total. The molecule has 0 aliphatic rings. The first-order chi connectivity index (χ1) is 8.96. The van der Waals surface area contributed by atoms with E-state index < -0.39 is 5.54 Å². The summed E-state index contributed by atoms with van der Waals surface area (Å²) in [7, 11) is 4.03. The Labute approximate surface area is 117 Å². The van der Waals surface area contributed by atoms with E-state index in [9.17, 15) is 5.11 Å². The van der Waals surface area contributed by atoms with Crippen molar-refractivity contribution in [3.8, 4) is 0 Å². The zero-order chi connectivity index (χ0) is 14.5. The molecule has 0 spiro atoms. The number of benzene rings is 1. The van der Waals surface area contributed by atoms with Gasteiger partial charge in [0.2, 0.25) is 0 Å². The number of nitrogens with zero attached hydrogens (tertiary/aromatic N) is 1. The molecule has 0 aliphatic carbocycles. The Morgan fingerprint density at radius 1 is 1.21 bits per heavy atom. The fraction of sp³-hybridized carbons (Fsp3) is 0.625. The third-order valence-electron chi connectivity index (χ3n) is 4.25. The van der Waals surface area contributed by atoms with E-state index in [1.54, 1.807) is 0 Å². The van der Waals surface area contributed by atoms with Crippen LogP contribution in [0.1, 0.15) is 26.3 Å². The van der Waals surface area contributed by atoms with E-state index >= 15 is 0 Å². The Morgan fingerprint density at radius 2 is 1.79 bits per heavy atom.